The second-order valence-electron chi connectivity index (χ2n) is 9.74. The fourth-order valence-corrected chi connectivity index (χ4v) is 4.31. The van der Waals surface area contributed by atoms with Crippen LogP contribution < -0.4 is 5.32 Å². The van der Waals surface area contributed by atoms with Crippen molar-refractivity contribution in [3.8, 4) is 0 Å². The van der Waals surface area contributed by atoms with E-state index in [1.165, 1.54) is 83.9 Å². The number of halogens is 1. The molecule has 0 bridgehead atoms. The molecular weight excluding hydrogens is 375 g/mol. The highest BCUT2D eigenvalue weighted by Crippen LogP contribution is 2.07. The lowest BCUT2D eigenvalue weighted by Gasteiger charge is -2.35. The maximum absolute atomic E-state index is 12.9. The zero-order valence-corrected chi connectivity index (χ0v) is 19.9. The smallest absolute Gasteiger partial charge is 0.123 e. The van der Waals surface area contributed by atoms with E-state index in [4.69, 9.17) is 0 Å². The zero-order valence-electron chi connectivity index (χ0n) is 19.9. The molecule has 30 heavy (non-hydrogen) atoms. The number of hydrogen-bond donors (Lipinski definition) is 1. The summed E-state index contributed by atoms with van der Waals surface area (Å²) in [5.74, 6) is 1.33. The van der Waals surface area contributed by atoms with Gasteiger partial charge in [0.05, 0.1) is 0 Å². The summed E-state index contributed by atoms with van der Waals surface area (Å²) in [6.45, 7) is 22.0. The van der Waals surface area contributed by atoms with Gasteiger partial charge in [0.25, 0.3) is 0 Å². The van der Waals surface area contributed by atoms with E-state index in [0.717, 1.165) is 30.5 Å². The molecule has 0 spiro atoms. The van der Waals surface area contributed by atoms with Crippen LogP contribution in [-0.2, 0) is 6.54 Å². The Labute approximate surface area is 184 Å². The van der Waals surface area contributed by atoms with Gasteiger partial charge in [-0.2, -0.15) is 0 Å². The normalized spacial score (nSPS) is 16.3. The lowest BCUT2D eigenvalue weighted by molar-refractivity contribution is 0.123. The Balaban J connectivity index is 1.51. The molecule has 4 nitrogen and oxygen atoms in total. The third-order valence-corrected chi connectivity index (χ3v) is 5.73. The quantitative estimate of drug-likeness (QED) is 0.460. The minimum Gasteiger partial charge on any atom is -0.313 e. The molecule has 0 radical (unpaired) electrons. The van der Waals surface area contributed by atoms with Gasteiger partial charge in [0, 0.05) is 45.8 Å². The monoisotopic (exact) mass is 420 g/mol. The standard InChI is InChI=1S/C25H45FN4/c1-22(2)20-30(21-23(3)4)14-6-13-29-17-15-28(16-18-29)12-5-11-27-19-24-7-9-25(26)10-8-24/h7-10,22-23,27H,5-6,11-21H2,1-4H3. The Morgan fingerprint density at radius 3 is 1.93 bits per heavy atom. The van der Waals surface area contributed by atoms with Crippen LogP contribution in [-0.4, -0.2) is 80.1 Å². The summed E-state index contributed by atoms with van der Waals surface area (Å²) in [5.41, 5.74) is 1.14. The molecule has 0 unspecified atom stereocenters. The van der Waals surface area contributed by atoms with Crippen molar-refractivity contribution in [1.29, 1.82) is 0 Å². The first-order chi connectivity index (χ1) is 14.4. The molecule has 1 aromatic carbocycles. The fourth-order valence-electron chi connectivity index (χ4n) is 4.31. The molecule has 1 saturated heterocycles. The average Bonchev–Trinajstić information content (AvgIpc) is 2.69. The number of nitrogens with zero attached hydrogens (tertiary/aromatic N) is 3. The molecule has 0 saturated carbocycles. The molecule has 1 aliphatic heterocycles. The molecule has 5 heteroatoms. The summed E-state index contributed by atoms with van der Waals surface area (Å²) in [6.07, 6.45) is 2.45. The summed E-state index contributed by atoms with van der Waals surface area (Å²) in [5, 5.41) is 3.47. The van der Waals surface area contributed by atoms with Gasteiger partial charge in [-0.1, -0.05) is 39.8 Å². The summed E-state index contributed by atoms with van der Waals surface area (Å²) in [4.78, 5) is 7.90. The van der Waals surface area contributed by atoms with Crippen LogP contribution in [0.2, 0.25) is 0 Å². The highest BCUT2D eigenvalue weighted by Gasteiger charge is 2.16. The van der Waals surface area contributed by atoms with Gasteiger partial charge >= 0.3 is 0 Å². The van der Waals surface area contributed by atoms with E-state index in [1.54, 1.807) is 0 Å². The van der Waals surface area contributed by atoms with Gasteiger partial charge < -0.3 is 20.0 Å². The predicted octanol–water partition coefficient (Wildman–Crippen LogP) is 3.93. The van der Waals surface area contributed by atoms with Gasteiger partial charge in [-0.3, -0.25) is 0 Å². The Bertz CT molecular complexity index is 543. The number of nitrogens with one attached hydrogen (secondary N) is 1. The lowest BCUT2D eigenvalue weighted by Crippen LogP contribution is -2.47. The first-order valence-electron chi connectivity index (χ1n) is 12.0. The van der Waals surface area contributed by atoms with Gasteiger partial charge in [0.15, 0.2) is 0 Å². The van der Waals surface area contributed by atoms with Crippen molar-refractivity contribution in [2.75, 3.05) is 65.4 Å². The largest absolute Gasteiger partial charge is 0.313 e. The van der Waals surface area contributed by atoms with Crippen molar-refractivity contribution >= 4 is 0 Å². The summed E-state index contributed by atoms with van der Waals surface area (Å²) < 4.78 is 12.9. The summed E-state index contributed by atoms with van der Waals surface area (Å²) in [7, 11) is 0. The van der Waals surface area contributed by atoms with E-state index < -0.39 is 0 Å². The first kappa shape index (κ1) is 25.3. The van der Waals surface area contributed by atoms with Crippen LogP contribution in [0.5, 0.6) is 0 Å². The van der Waals surface area contributed by atoms with Crippen LogP contribution in [0.1, 0.15) is 46.1 Å². The molecule has 1 aliphatic rings. The maximum atomic E-state index is 12.9. The van der Waals surface area contributed by atoms with Gasteiger partial charge in [-0.05, 0) is 68.6 Å². The van der Waals surface area contributed by atoms with Gasteiger partial charge in [0.1, 0.15) is 5.82 Å². The molecule has 1 N–H and O–H groups in total. The highest BCUT2D eigenvalue weighted by atomic mass is 19.1. The molecule has 172 valence electrons. The molecule has 0 atom stereocenters. The number of piperazine rings is 1. The van der Waals surface area contributed by atoms with Crippen LogP contribution in [0.4, 0.5) is 4.39 Å². The van der Waals surface area contributed by atoms with Crippen LogP contribution in [0.15, 0.2) is 24.3 Å². The second-order valence-corrected chi connectivity index (χ2v) is 9.74. The molecule has 1 fully saturated rings. The first-order valence-corrected chi connectivity index (χ1v) is 12.0. The van der Waals surface area contributed by atoms with Gasteiger partial charge in [0.2, 0.25) is 0 Å². The third-order valence-electron chi connectivity index (χ3n) is 5.73. The number of benzene rings is 1. The fraction of sp³-hybridized carbons (Fsp3) is 0.760. The molecule has 0 aromatic heterocycles. The zero-order chi connectivity index (χ0) is 21.8. The second kappa shape index (κ2) is 14.1. The van der Waals surface area contributed by atoms with Crippen LogP contribution in [0.3, 0.4) is 0 Å². The van der Waals surface area contributed by atoms with E-state index in [1.807, 2.05) is 12.1 Å². The molecule has 1 heterocycles. The minimum atomic E-state index is -0.165. The van der Waals surface area contributed by atoms with E-state index in [-0.39, 0.29) is 5.82 Å². The Hall–Kier alpha value is -1.01. The van der Waals surface area contributed by atoms with Crippen molar-refractivity contribution in [3.63, 3.8) is 0 Å². The molecule has 0 aliphatic carbocycles. The van der Waals surface area contributed by atoms with Crippen molar-refractivity contribution in [1.82, 2.24) is 20.0 Å². The third kappa shape index (κ3) is 10.9. The van der Waals surface area contributed by atoms with E-state index in [2.05, 4.69) is 47.7 Å². The Morgan fingerprint density at radius 1 is 0.867 bits per heavy atom. The summed E-state index contributed by atoms with van der Waals surface area (Å²) in [6, 6.07) is 6.77. The van der Waals surface area contributed by atoms with Gasteiger partial charge in [-0.15, -0.1) is 0 Å². The SMILES string of the molecule is CC(C)CN(CCCN1CCN(CCCNCc2ccc(F)cc2)CC1)CC(C)C. The average molecular weight is 421 g/mol. The Morgan fingerprint density at radius 2 is 1.40 bits per heavy atom. The topological polar surface area (TPSA) is 21.8 Å². The molecule has 1 aromatic rings. The molecule has 2 rings (SSSR count). The number of rotatable bonds is 14. The summed E-state index contributed by atoms with van der Waals surface area (Å²) >= 11 is 0. The van der Waals surface area contributed by atoms with E-state index in [9.17, 15) is 4.39 Å². The Kier molecular flexibility index (Phi) is 11.9. The van der Waals surface area contributed by atoms with Crippen molar-refractivity contribution in [2.24, 2.45) is 11.8 Å². The predicted molar refractivity (Wildman–Crippen MR) is 126 cm³/mol. The van der Waals surface area contributed by atoms with E-state index in [0.29, 0.717) is 0 Å². The minimum absolute atomic E-state index is 0.165. The highest BCUT2D eigenvalue weighted by molar-refractivity contribution is 5.15. The number of hydrogen-bond acceptors (Lipinski definition) is 4. The molecule has 0 amide bonds. The van der Waals surface area contributed by atoms with Gasteiger partial charge in [-0.25, -0.2) is 4.39 Å². The van der Waals surface area contributed by atoms with Crippen molar-refractivity contribution in [2.45, 2.75) is 47.1 Å². The molecular formula is C25H45FN4. The van der Waals surface area contributed by atoms with E-state index >= 15 is 0 Å². The van der Waals surface area contributed by atoms with Crippen molar-refractivity contribution in [3.05, 3.63) is 35.6 Å². The van der Waals surface area contributed by atoms with Crippen LogP contribution in [0.25, 0.3) is 0 Å². The lowest BCUT2D eigenvalue weighted by atomic mass is 10.1. The van der Waals surface area contributed by atoms with Crippen molar-refractivity contribution < 1.29 is 4.39 Å². The van der Waals surface area contributed by atoms with Crippen LogP contribution in [0, 0.1) is 17.7 Å². The van der Waals surface area contributed by atoms with Crippen LogP contribution >= 0.6 is 0 Å². The maximum Gasteiger partial charge on any atom is 0.123 e.